The Morgan fingerprint density at radius 1 is 1.26 bits per heavy atom. The van der Waals surface area contributed by atoms with Gasteiger partial charge in [-0.1, -0.05) is 35.9 Å². The second-order valence-electron chi connectivity index (χ2n) is 7.24. The smallest absolute Gasteiger partial charge is 0.234 e. The predicted octanol–water partition coefficient (Wildman–Crippen LogP) is 2.95. The second kappa shape index (κ2) is 9.83. The molecule has 1 aromatic heterocycles. The third kappa shape index (κ3) is 6.31. The molecule has 0 bridgehead atoms. The van der Waals surface area contributed by atoms with Gasteiger partial charge < -0.3 is 5.32 Å². The Bertz CT molecular complexity index is 732. The van der Waals surface area contributed by atoms with Crippen molar-refractivity contribution < 1.29 is 4.79 Å². The molecule has 1 aliphatic heterocycles. The molecule has 1 N–H and O–H groups in total. The van der Waals surface area contributed by atoms with Gasteiger partial charge in [0.2, 0.25) is 5.91 Å². The number of hydrogen-bond acceptors (Lipinski definition) is 4. The van der Waals surface area contributed by atoms with Gasteiger partial charge in [-0.15, -0.1) is 0 Å². The summed E-state index contributed by atoms with van der Waals surface area (Å²) >= 11 is 6.26. The monoisotopic (exact) mass is 386 g/mol. The number of pyridine rings is 1. The van der Waals surface area contributed by atoms with Crippen LogP contribution in [0.15, 0.2) is 48.8 Å². The number of halogens is 1. The molecule has 2 aromatic rings. The Morgan fingerprint density at radius 3 is 2.74 bits per heavy atom. The van der Waals surface area contributed by atoms with Gasteiger partial charge in [-0.05, 0) is 43.1 Å². The van der Waals surface area contributed by atoms with Crippen molar-refractivity contribution in [2.24, 2.45) is 0 Å². The van der Waals surface area contributed by atoms with E-state index in [0.717, 1.165) is 49.6 Å². The number of aromatic nitrogens is 1. The average molecular weight is 387 g/mol. The Kier molecular flexibility index (Phi) is 7.21. The van der Waals surface area contributed by atoms with Crippen LogP contribution in [-0.2, 0) is 17.9 Å². The Hall–Kier alpha value is -1.95. The molecule has 144 valence electrons. The highest BCUT2D eigenvalue weighted by molar-refractivity contribution is 6.31. The molecule has 0 radical (unpaired) electrons. The molecule has 1 amide bonds. The molecule has 0 aliphatic carbocycles. The number of nitrogens with zero attached hydrogens (tertiary/aromatic N) is 3. The van der Waals surface area contributed by atoms with Crippen molar-refractivity contribution in [1.29, 1.82) is 0 Å². The van der Waals surface area contributed by atoms with Crippen molar-refractivity contribution in [3.05, 3.63) is 64.9 Å². The Labute approximate surface area is 166 Å². The first-order valence-corrected chi connectivity index (χ1v) is 9.80. The molecule has 1 fully saturated rings. The number of hydrogen-bond donors (Lipinski definition) is 1. The molecule has 0 atom stereocenters. The lowest BCUT2D eigenvalue weighted by molar-refractivity contribution is -0.123. The van der Waals surface area contributed by atoms with E-state index in [0.29, 0.717) is 6.54 Å². The number of benzene rings is 1. The van der Waals surface area contributed by atoms with Crippen LogP contribution in [0.5, 0.6) is 0 Å². The molecule has 5 nitrogen and oxygen atoms in total. The van der Waals surface area contributed by atoms with Crippen LogP contribution in [-0.4, -0.2) is 53.4 Å². The van der Waals surface area contributed by atoms with E-state index < -0.39 is 0 Å². The fourth-order valence-corrected chi connectivity index (χ4v) is 3.68. The third-order valence-electron chi connectivity index (χ3n) is 4.89. The molecule has 0 spiro atoms. The number of rotatable bonds is 7. The van der Waals surface area contributed by atoms with E-state index in [4.69, 9.17) is 11.6 Å². The number of amides is 1. The summed E-state index contributed by atoms with van der Waals surface area (Å²) in [6.45, 7) is 3.93. The highest BCUT2D eigenvalue weighted by Crippen LogP contribution is 2.19. The zero-order valence-electron chi connectivity index (χ0n) is 15.8. The minimum Gasteiger partial charge on any atom is -0.352 e. The van der Waals surface area contributed by atoms with E-state index in [9.17, 15) is 4.79 Å². The molecule has 0 saturated carbocycles. The highest BCUT2D eigenvalue weighted by Gasteiger charge is 2.21. The van der Waals surface area contributed by atoms with Gasteiger partial charge in [0, 0.05) is 49.6 Å². The van der Waals surface area contributed by atoms with Crippen LogP contribution in [0, 0.1) is 0 Å². The Balaban J connectivity index is 1.38. The summed E-state index contributed by atoms with van der Waals surface area (Å²) in [5, 5.41) is 4.01. The topological polar surface area (TPSA) is 48.5 Å². The SMILES string of the molecule is CN(CC(=O)NC1CCN(Cc2ccccc2Cl)CC1)Cc1cccnc1. The maximum atomic E-state index is 12.3. The van der Waals surface area contributed by atoms with Gasteiger partial charge in [-0.3, -0.25) is 19.6 Å². The minimum atomic E-state index is 0.0888. The van der Waals surface area contributed by atoms with Gasteiger partial charge in [-0.2, -0.15) is 0 Å². The number of nitrogens with one attached hydrogen (secondary N) is 1. The van der Waals surface area contributed by atoms with E-state index in [2.05, 4.69) is 21.3 Å². The van der Waals surface area contributed by atoms with E-state index in [1.54, 1.807) is 6.20 Å². The number of carbonyl (C=O) groups excluding carboxylic acids is 1. The maximum Gasteiger partial charge on any atom is 0.234 e. The number of carbonyl (C=O) groups is 1. The van der Waals surface area contributed by atoms with Gasteiger partial charge >= 0.3 is 0 Å². The van der Waals surface area contributed by atoms with Crippen LogP contribution in [0.2, 0.25) is 5.02 Å². The minimum absolute atomic E-state index is 0.0888. The summed E-state index contributed by atoms with van der Waals surface area (Å²) < 4.78 is 0. The second-order valence-corrected chi connectivity index (χ2v) is 7.65. The maximum absolute atomic E-state index is 12.3. The summed E-state index contributed by atoms with van der Waals surface area (Å²) in [6, 6.07) is 12.2. The van der Waals surface area contributed by atoms with Crippen LogP contribution in [0.3, 0.4) is 0 Å². The van der Waals surface area contributed by atoms with Crippen LogP contribution in [0.25, 0.3) is 0 Å². The number of likely N-dealkylation sites (N-methyl/N-ethyl adjacent to an activating group) is 1. The summed E-state index contributed by atoms with van der Waals surface area (Å²) in [5.41, 5.74) is 2.28. The first-order chi connectivity index (χ1) is 13.1. The first-order valence-electron chi connectivity index (χ1n) is 9.43. The Morgan fingerprint density at radius 2 is 2.04 bits per heavy atom. The number of likely N-dealkylation sites (tertiary alicyclic amines) is 1. The lowest BCUT2D eigenvalue weighted by atomic mass is 10.0. The molecule has 1 saturated heterocycles. The van der Waals surface area contributed by atoms with Crippen molar-refractivity contribution in [2.75, 3.05) is 26.7 Å². The van der Waals surface area contributed by atoms with Crippen molar-refractivity contribution in [2.45, 2.75) is 32.0 Å². The first kappa shape index (κ1) is 19.8. The molecular weight excluding hydrogens is 360 g/mol. The van der Waals surface area contributed by atoms with Gasteiger partial charge in [0.15, 0.2) is 0 Å². The average Bonchev–Trinajstić information content (AvgIpc) is 2.66. The molecule has 0 unspecified atom stereocenters. The molecule has 27 heavy (non-hydrogen) atoms. The van der Waals surface area contributed by atoms with E-state index in [1.165, 1.54) is 5.56 Å². The lowest BCUT2D eigenvalue weighted by Gasteiger charge is -2.32. The van der Waals surface area contributed by atoms with Crippen LogP contribution in [0.4, 0.5) is 0 Å². The molecule has 6 heteroatoms. The van der Waals surface area contributed by atoms with Crippen molar-refractivity contribution in [3.8, 4) is 0 Å². The van der Waals surface area contributed by atoms with Crippen molar-refractivity contribution >= 4 is 17.5 Å². The summed E-state index contributed by atoms with van der Waals surface area (Å²) in [6.07, 6.45) is 5.54. The normalized spacial score (nSPS) is 15.8. The number of piperidine rings is 1. The van der Waals surface area contributed by atoms with Gasteiger partial charge in [0.25, 0.3) is 0 Å². The standard InChI is InChI=1S/C21H27ClN4O/c1-25(14-17-5-4-10-23-13-17)16-21(27)24-19-8-11-26(12-9-19)15-18-6-2-3-7-20(18)22/h2-7,10,13,19H,8-9,11-12,14-16H2,1H3,(H,24,27). The van der Waals surface area contributed by atoms with Gasteiger partial charge in [0.05, 0.1) is 6.54 Å². The predicted molar refractivity (Wildman–Crippen MR) is 108 cm³/mol. The van der Waals surface area contributed by atoms with Crippen molar-refractivity contribution in [1.82, 2.24) is 20.1 Å². The quantitative estimate of drug-likeness (QED) is 0.794. The molecule has 1 aliphatic rings. The molecule has 1 aromatic carbocycles. The fraction of sp³-hybridized carbons (Fsp3) is 0.429. The van der Waals surface area contributed by atoms with E-state index >= 15 is 0 Å². The van der Waals surface area contributed by atoms with Gasteiger partial charge in [-0.25, -0.2) is 0 Å². The zero-order valence-corrected chi connectivity index (χ0v) is 16.5. The van der Waals surface area contributed by atoms with E-state index in [-0.39, 0.29) is 11.9 Å². The van der Waals surface area contributed by atoms with E-state index in [1.807, 2.05) is 48.5 Å². The summed E-state index contributed by atoms with van der Waals surface area (Å²) in [7, 11) is 1.96. The largest absolute Gasteiger partial charge is 0.352 e. The third-order valence-corrected chi connectivity index (χ3v) is 5.26. The highest BCUT2D eigenvalue weighted by atomic mass is 35.5. The summed E-state index contributed by atoms with van der Waals surface area (Å²) in [5.74, 6) is 0.0888. The molecule has 2 heterocycles. The molecule has 3 rings (SSSR count). The van der Waals surface area contributed by atoms with Crippen LogP contribution in [0.1, 0.15) is 24.0 Å². The van der Waals surface area contributed by atoms with Crippen LogP contribution >= 0.6 is 11.6 Å². The lowest BCUT2D eigenvalue weighted by Crippen LogP contribution is -2.46. The van der Waals surface area contributed by atoms with Crippen molar-refractivity contribution in [3.63, 3.8) is 0 Å². The molecular formula is C21H27ClN4O. The zero-order chi connectivity index (χ0) is 19.1. The van der Waals surface area contributed by atoms with Gasteiger partial charge in [0.1, 0.15) is 0 Å². The fourth-order valence-electron chi connectivity index (χ4n) is 3.48. The summed E-state index contributed by atoms with van der Waals surface area (Å²) in [4.78, 5) is 20.9. The van der Waals surface area contributed by atoms with Crippen LogP contribution < -0.4 is 5.32 Å².